The number of benzene rings is 2. The molecule has 136 valence electrons. The van der Waals surface area contributed by atoms with Gasteiger partial charge in [-0.2, -0.15) is 0 Å². The van der Waals surface area contributed by atoms with Crippen molar-refractivity contribution in [1.29, 1.82) is 0 Å². The summed E-state index contributed by atoms with van der Waals surface area (Å²) in [6, 6.07) is 17.8. The average Bonchev–Trinajstić information content (AvgIpc) is 3.03. The summed E-state index contributed by atoms with van der Waals surface area (Å²) in [5.41, 5.74) is 4.71. The number of hydrogen-bond donors (Lipinski definition) is 1. The Hall–Kier alpha value is -2.85. The van der Waals surface area contributed by atoms with Crippen molar-refractivity contribution in [3.63, 3.8) is 0 Å². The summed E-state index contributed by atoms with van der Waals surface area (Å²) in [6.07, 6.45) is 4.24. The molecule has 0 bridgehead atoms. The number of amides is 1. The molecule has 0 aliphatic carbocycles. The quantitative estimate of drug-likeness (QED) is 0.700. The molecule has 1 aromatic heterocycles. The first-order valence-corrected chi connectivity index (χ1v) is 9.34. The third-order valence-electron chi connectivity index (χ3n) is 4.82. The maximum atomic E-state index is 13.1. The number of para-hydroxylation sites is 1. The number of carbonyl (C=O) groups is 1. The molecule has 2 heterocycles. The van der Waals surface area contributed by atoms with Crippen molar-refractivity contribution in [3.8, 4) is 0 Å². The Morgan fingerprint density at radius 3 is 2.78 bits per heavy atom. The first kappa shape index (κ1) is 17.6. The molecule has 1 aliphatic rings. The standard InChI is InChI=1S/C22H20ClN3O/c1-15-10-17-4-2-3-5-21(17)26(15)22(27)18-11-20(14-24-13-18)25-12-16-6-8-19(23)9-7-16/h2-9,11,13-15,25H,10,12H2,1H3. The van der Waals surface area contributed by atoms with E-state index in [0.717, 1.165) is 23.4 Å². The van der Waals surface area contributed by atoms with E-state index in [1.807, 2.05) is 53.4 Å². The van der Waals surface area contributed by atoms with Crippen molar-refractivity contribution < 1.29 is 4.79 Å². The van der Waals surface area contributed by atoms with Crippen molar-refractivity contribution >= 4 is 28.9 Å². The van der Waals surface area contributed by atoms with Crippen LogP contribution in [0, 0.1) is 0 Å². The zero-order valence-corrected chi connectivity index (χ0v) is 15.8. The van der Waals surface area contributed by atoms with E-state index in [1.54, 1.807) is 12.4 Å². The topological polar surface area (TPSA) is 45.2 Å². The smallest absolute Gasteiger partial charge is 0.260 e. The number of pyridine rings is 1. The number of fused-ring (bicyclic) bond motifs is 1. The molecule has 0 spiro atoms. The molecule has 5 heteroatoms. The fourth-order valence-corrected chi connectivity index (χ4v) is 3.60. The summed E-state index contributed by atoms with van der Waals surface area (Å²) in [5.74, 6) is -0.0184. The lowest BCUT2D eigenvalue weighted by Crippen LogP contribution is -2.35. The van der Waals surface area contributed by atoms with E-state index in [0.29, 0.717) is 17.1 Å². The molecule has 1 unspecified atom stereocenters. The van der Waals surface area contributed by atoms with Gasteiger partial charge in [-0.25, -0.2) is 0 Å². The zero-order valence-electron chi connectivity index (χ0n) is 15.0. The first-order valence-electron chi connectivity index (χ1n) is 8.96. The molecule has 1 amide bonds. The Morgan fingerprint density at radius 2 is 1.96 bits per heavy atom. The summed E-state index contributed by atoms with van der Waals surface area (Å²) < 4.78 is 0. The van der Waals surface area contributed by atoms with Crippen molar-refractivity contribution in [3.05, 3.63) is 88.7 Å². The predicted molar refractivity (Wildman–Crippen MR) is 109 cm³/mol. The van der Waals surface area contributed by atoms with Crippen molar-refractivity contribution in [2.75, 3.05) is 10.2 Å². The molecule has 0 radical (unpaired) electrons. The molecule has 1 atom stereocenters. The van der Waals surface area contributed by atoms with Crippen LogP contribution >= 0.6 is 11.6 Å². The van der Waals surface area contributed by atoms with Gasteiger partial charge < -0.3 is 10.2 Å². The number of rotatable bonds is 4. The van der Waals surface area contributed by atoms with Gasteiger partial charge in [0.05, 0.1) is 11.3 Å². The minimum Gasteiger partial charge on any atom is -0.380 e. The molecule has 4 rings (SSSR count). The normalized spacial score (nSPS) is 15.5. The number of anilines is 2. The van der Waals surface area contributed by atoms with E-state index >= 15 is 0 Å². The SMILES string of the molecule is CC1Cc2ccccc2N1C(=O)c1cncc(NCc2ccc(Cl)cc2)c1. The zero-order chi connectivity index (χ0) is 18.8. The molecule has 0 saturated carbocycles. The summed E-state index contributed by atoms with van der Waals surface area (Å²) in [7, 11) is 0. The lowest BCUT2D eigenvalue weighted by Gasteiger charge is -2.23. The molecule has 0 fully saturated rings. The third-order valence-corrected chi connectivity index (χ3v) is 5.07. The van der Waals surface area contributed by atoms with Gasteiger partial charge in [-0.3, -0.25) is 9.78 Å². The Labute approximate surface area is 163 Å². The largest absolute Gasteiger partial charge is 0.380 e. The molecule has 27 heavy (non-hydrogen) atoms. The van der Waals surface area contributed by atoms with Crippen LogP contribution in [0.2, 0.25) is 5.02 Å². The van der Waals surface area contributed by atoms with E-state index in [2.05, 4.69) is 23.3 Å². The van der Waals surface area contributed by atoms with Crippen LogP contribution in [0.4, 0.5) is 11.4 Å². The van der Waals surface area contributed by atoms with Crippen LogP contribution < -0.4 is 10.2 Å². The minimum atomic E-state index is -0.0184. The molecule has 1 aliphatic heterocycles. The summed E-state index contributed by atoms with van der Waals surface area (Å²) >= 11 is 5.92. The highest BCUT2D eigenvalue weighted by atomic mass is 35.5. The van der Waals surface area contributed by atoms with Crippen molar-refractivity contribution in [1.82, 2.24) is 4.98 Å². The Kier molecular flexibility index (Phi) is 4.82. The molecule has 1 N–H and O–H groups in total. The lowest BCUT2D eigenvalue weighted by atomic mass is 10.1. The fourth-order valence-electron chi connectivity index (χ4n) is 3.47. The van der Waals surface area contributed by atoms with Crippen LogP contribution in [-0.4, -0.2) is 16.9 Å². The molecule has 2 aromatic carbocycles. The first-order chi connectivity index (χ1) is 13.1. The van der Waals surface area contributed by atoms with Crippen LogP contribution in [0.1, 0.15) is 28.4 Å². The Morgan fingerprint density at radius 1 is 1.19 bits per heavy atom. The van der Waals surface area contributed by atoms with E-state index in [9.17, 15) is 4.79 Å². The van der Waals surface area contributed by atoms with Gasteiger partial charge in [0.2, 0.25) is 0 Å². The summed E-state index contributed by atoms with van der Waals surface area (Å²) in [6.45, 7) is 2.72. The summed E-state index contributed by atoms with van der Waals surface area (Å²) in [4.78, 5) is 19.3. The van der Waals surface area contributed by atoms with Gasteiger partial charge in [0.25, 0.3) is 5.91 Å². The maximum Gasteiger partial charge on any atom is 0.260 e. The number of nitrogens with one attached hydrogen (secondary N) is 1. The number of nitrogens with zero attached hydrogens (tertiary/aromatic N) is 2. The number of hydrogen-bond acceptors (Lipinski definition) is 3. The highest BCUT2D eigenvalue weighted by Crippen LogP contribution is 2.33. The van der Waals surface area contributed by atoms with Crippen LogP contribution in [0.15, 0.2) is 67.0 Å². The van der Waals surface area contributed by atoms with Gasteiger partial charge in [0, 0.05) is 35.7 Å². The van der Waals surface area contributed by atoms with E-state index in [4.69, 9.17) is 11.6 Å². The van der Waals surface area contributed by atoms with Gasteiger partial charge >= 0.3 is 0 Å². The van der Waals surface area contributed by atoms with Crippen LogP contribution in [0.25, 0.3) is 0 Å². The molecular formula is C22H20ClN3O. The van der Waals surface area contributed by atoms with E-state index in [1.165, 1.54) is 5.56 Å². The van der Waals surface area contributed by atoms with Crippen LogP contribution in [0.3, 0.4) is 0 Å². The van der Waals surface area contributed by atoms with Gasteiger partial charge in [-0.15, -0.1) is 0 Å². The second-order valence-electron chi connectivity index (χ2n) is 6.80. The lowest BCUT2D eigenvalue weighted by molar-refractivity contribution is 0.0981. The van der Waals surface area contributed by atoms with Gasteiger partial charge in [-0.1, -0.05) is 41.9 Å². The highest BCUT2D eigenvalue weighted by molar-refractivity contribution is 6.30. The molecule has 4 nitrogen and oxygen atoms in total. The minimum absolute atomic E-state index is 0.0184. The van der Waals surface area contributed by atoms with E-state index < -0.39 is 0 Å². The predicted octanol–water partition coefficient (Wildman–Crippen LogP) is 4.94. The number of halogens is 1. The Balaban J connectivity index is 1.52. The fraction of sp³-hybridized carbons (Fsp3) is 0.182. The number of carbonyl (C=O) groups excluding carboxylic acids is 1. The van der Waals surface area contributed by atoms with Crippen molar-refractivity contribution in [2.24, 2.45) is 0 Å². The Bertz CT molecular complexity index is 971. The monoisotopic (exact) mass is 377 g/mol. The van der Waals surface area contributed by atoms with Gasteiger partial charge in [0.1, 0.15) is 0 Å². The van der Waals surface area contributed by atoms with Gasteiger partial charge in [0.15, 0.2) is 0 Å². The average molecular weight is 378 g/mol. The third kappa shape index (κ3) is 3.67. The van der Waals surface area contributed by atoms with Crippen LogP contribution in [-0.2, 0) is 13.0 Å². The molecular weight excluding hydrogens is 358 g/mol. The second kappa shape index (κ2) is 7.41. The maximum absolute atomic E-state index is 13.1. The van der Waals surface area contributed by atoms with Gasteiger partial charge in [-0.05, 0) is 48.7 Å². The second-order valence-corrected chi connectivity index (χ2v) is 7.24. The molecule has 3 aromatic rings. The van der Waals surface area contributed by atoms with E-state index in [-0.39, 0.29) is 11.9 Å². The van der Waals surface area contributed by atoms with Crippen LogP contribution in [0.5, 0.6) is 0 Å². The summed E-state index contributed by atoms with van der Waals surface area (Å²) in [5, 5.41) is 4.04. The number of aromatic nitrogens is 1. The van der Waals surface area contributed by atoms with Crippen molar-refractivity contribution in [2.45, 2.75) is 25.9 Å². The molecule has 0 saturated heterocycles. The highest BCUT2D eigenvalue weighted by Gasteiger charge is 2.31.